The number of rotatable bonds is 4. The van der Waals surface area contributed by atoms with Crippen molar-refractivity contribution in [3.8, 4) is 11.1 Å². The Morgan fingerprint density at radius 3 is 2.61 bits per heavy atom. The van der Waals surface area contributed by atoms with E-state index in [0.29, 0.717) is 38.8 Å². The molecule has 2 N–H and O–H groups in total. The van der Waals surface area contributed by atoms with Crippen LogP contribution in [-0.4, -0.2) is 48.8 Å². The fourth-order valence-electron chi connectivity index (χ4n) is 4.09. The largest absolute Gasteiger partial charge is 0.383 e. The molecule has 0 atom stereocenters. The molecule has 0 radical (unpaired) electrons. The van der Waals surface area contributed by atoms with Gasteiger partial charge in [0.05, 0.1) is 35.4 Å². The summed E-state index contributed by atoms with van der Waals surface area (Å²) in [5.74, 6) is -1.05. The molecule has 10 nitrogen and oxygen atoms in total. The van der Waals surface area contributed by atoms with Crippen LogP contribution < -0.4 is 5.73 Å². The van der Waals surface area contributed by atoms with Crippen molar-refractivity contribution in [3.63, 3.8) is 0 Å². The number of aromatic nitrogens is 4. The minimum absolute atomic E-state index is 0.163. The first-order valence-electron chi connectivity index (χ1n) is 11.0. The van der Waals surface area contributed by atoms with Crippen LogP contribution in [0.4, 0.5) is 10.2 Å². The minimum atomic E-state index is -0.529. The molecule has 5 rings (SSSR count). The lowest BCUT2D eigenvalue weighted by Crippen LogP contribution is -2.46. The first-order valence-corrected chi connectivity index (χ1v) is 11.0. The molecule has 0 aliphatic heterocycles. The molecule has 0 saturated carbocycles. The SMILES string of the molecule is CC(=O)N(C)N(Cc1ccc(-c2cnoc2)cc1F)C(=O)c1ccc2nc(N)c3cnn(C)c3c2c1. The molecule has 5 aromatic rings. The standard InChI is InChI=1S/C25H22FN7O3/c1-14(34)32(3)33(12-17-5-4-15(9-21(17)26)18-10-29-36-13-18)25(35)16-6-7-22-19(8-16)23-20(24(27)30-22)11-28-31(23)2/h4-11,13H,12H2,1-3H3,(H2,27,30). The molecule has 3 heterocycles. The lowest BCUT2D eigenvalue weighted by atomic mass is 10.1. The highest BCUT2D eigenvalue weighted by molar-refractivity contribution is 6.10. The number of carbonyl (C=O) groups is 2. The summed E-state index contributed by atoms with van der Waals surface area (Å²) in [4.78, 5) is 30.3. The number of benzene rings is 2. The number of hydrazine groups is 1. The number of halogens is 1. The fourth-order valence-corrected chi connectivity index (χ4v) is 4.09. The second-order valence-electron chi connectivity index (χ2n) is 8.38. The Labute approximate surface area is 204 Å². The van der Waals surface area contributed by atoms with E-state index < -0.39 is 11.7 Å². The summed E-state index contributed by atoms with van der Waals surface area (Å²) in [6.45, 7) is 1.17. The molecule has 36 heavy (non-hydrogen) atoms. The third kappa shape index (κ3) is 3.90. The van der Waals surface area contributed by atoms with Gasteiger partial charge < -0.3 is 10.3 Å². The third-order valence-electron chi connectivity index (χ3n) is 6.15. The topological polar surface area (TPSA) is 123 Å². The normalized spacial score (nSPS) is 11.2. The van der Waals surface area contributed by atoms with Crippen LogP contribution in [0.3, 0.4) is 0 Å². The highest BCUT2D eigenvalue weighted by atomic mass is 19.1. The Morgan fingerprint density at radius 1 is 1.11 bits per heavy atom. The molecule has 11 heteroatoms. The zero-order valence-corrected chi connectivity index (χ0v) is 19.8. The van der Waals surface area contributed by atoms with E-state index in [9.17, 15) is 9.59 Å². The van der Waals surface area contributed by atoms with Gasteiger partial charge in [-0.2, -0.15) is 5.10 Å². The van der Waals surface area contributed by atoms with Crippen molar-refractivity contribution in [2.75, 3.05) is 12.8 Å². The van der Waals surface area contributed by atoms with E-state index >= 15 is 4.39 Å². The third-order valence-corrected chi connectivity index (χ3v) is 6.15. The highest BCUT2D eigenvalue weighted by Crippen LogP contribution is 2.29. The number of aryl methyl sites for hydroxylation is 1. The molecular formula is C25H22FN7O3. The van der Waals surface area contributed by atoms with Gasteiger partial charge >= 0.3 is 0 Å². The number of hydrogen-bond donors (Lipinski definition) is 1. The average Bonchev–Trinajstić information content (AvgIpc) is 3.53. The van der Waals surface area contributed by atoms with Crippen LogP contribution in [0.1, 0.15) is 22.8 Å². The number of nitrogens with zero attached hydrogens (tertiary/aromatic N) is 6. The number of carbonyl (C=O) groups excluding carboxylic acids is 2. The van der Waals surface area contributed by atoms with Crippen molar-refractivity contribution in [3.05, 3.63) is 72.0 Å². The quantitative estimate of drug-likeness (QED) is 0.385. The van der Waals surface area contributed by atoms with Gasteiger partial charge in [0.25, 0.3) is 5.91 Å². The van der Waals surface area contributed by atoms with Crippen LogP contribution in [0.15, 0.2) is 59.6 Å². The summed E-state index contributed by atoms with van der Waals surface area (Å²) >= 11 is 0. The van der Waals surface area contributed by atoms with Crippen LogP contribution in [0.5, 0.6) is 0 Å². The molecule has 3 aromatic heterocycles. The summed E-state index contributed by atoms with van der Waals surface area (Å²) < 4.78 is 21.5. The van der Waals surface area contributed by atoms with E-state index in [1.807, 2.05) is 0 Å². The van der Waals surface area contributed by atoms with Gasteiger partial charge in [0.15, 0.2) is 0 Å². The maximum Gasteiger partial charge on any atom is 0.272 e. The highest BCUT2D eigenvalue weighted by Gasteiger charge is 2.25. The van der Waals surface area contributed by atoms with Crippen molar-refractivity contribution >= 4 is 39.4 Å². The number of nitrogen functional groups attached to an aromatic ring is 1. The van der Waals surface area contributed by atoms with E-state index in [2.05, 4.69) is 15.2 Å². The van der Waals surface area contributed by atoms with Crippen molar-refractivity contribution in [1.82, 2.24) is 29.9 Å². The zero-order chi connectivity index (χ0) is 25.6. The summed E-state index contributed by atoms with van der Waals surface area (Å²) in [5, 5.41) is 11.6. The predicted octanol–water partition coefficient (Wildman–Crippen LogP) is 3.53. The second kappa shape index (κ2) is 8.77. The Kier molecular flexibility index (Phi) is 5.59. The lowest BCUT2D eigenvalue weighted by Gasteiger charge is -2.31. The molecule has 0 aliphatic carbocycles. The molecule has 0 unspecified atom stereocenters. The number of fused-ring (bicyclic) bond motifs is 3. The maximum absolute atomic E-state index is 15.0. The number of nitrogens with two attached hydrogens (primary N) is 1. The summed E-state index contributed by atoms with van der Waals surface area (Å²) in [5.41, 5.74) is 9.14. The smallest absolute Gasteiger partial charge is 0.272 e. The molecular weight excluding hydrogens is 465 g/mol. The zero-order valence-electron chi connectivity index (χ0n) is 19.8. The van der Waals surface area contributed by atoms with E-state index in [4.69, 9.17) is 10.3 Å². The van der Waals surface area contributed by atoms with Gasteiger partial charge in [-0.25, -0.2) is 14.4 Å². The monoisotopic (exact) mass is 487 g/mol. The van der Waals surface area contributed by atoms with Crippen molar-refractivity contribution in [2.45, 2.75) is 13.5 Å². The Hall–Kier alpha value is -4.80. The fraction of sp³-hybridized carbons (Fsp3) is 0.160. The number of anilines is 1. The van der Waals surface area contributed by atoms with Gasteiger partial charge in [-0.1, -0.05) is 17.3 Å². The summed E-state index contributed by atoms with van der Waals surface area (Å²) in [6.07, 6.45) is 4.51. The maximum atomic E-state index is 15.0. The van der Waals surface area contributed by atoms with Gasteiger partial charge in [0, 0.05) is 43.1 Å². The predicted molar refractivity (Wildman–Crippen MR) is 131 cm³/mol. The molecule has 2 amide bonds. The second-order valence-corrected chi connectivity index (χ2v) is 8.38. The molecule has 0 aliphatic rings. The molecule has 0 bridgehead atoms. The number of hydrogen-bond acceptors (Lipinski definition) is 7. The first-order chi connectivity index (χ1) is 17.2. The lowest BCUT2D eigenvalue weighted by molar-refractivity contribution is -0.140. The Bertz CT molecular complexity index is 1630. The van der Waals surface area contributed by atoms with Crippen LogP contribution in [0, 0.1) is 5.82 Å². The van der Waals surface area contributed by atoms with Crippen molar-refractivity contribution in [2.24, 2.45) is 7.05 Å². The number of pyridine rings is 1. The molecule has 0 saturated heterocycles. The van der Waals surface area contributed by atoms with E-state index in [0.717, 1.165) is 5.52 Å². The molecule has 0 spiro atoms. The van der Waals surface area contributed by atoms with E-state index in [-0.39, 0.29) is 18.0 Å². The first kappa shape index (κ1) is 23.0. The Morgan fingerprint density at radius 2 is 1.92 bits per heavy atom. The van der Waals surface area contributed by atoms with Crippen LogP contribution in [0.2, 0.25) is 0 Å². The van der Waals surface area contributed by atoms with Gasteiger partial charge in [-0.05, 0) is 29.8 Å². The molecule has 0 fully saturated rings. The number of amides is 2. The van der Waals surface area contributed by atoms with Gasteiger partial charge in [0.1, 0.15) is 17.9 Å². The van der Waals surface area contributed by atoms with Gasteiger partial charge in [0.2, 0.25) is 5.91 Å². The average molecular weight is 487 g/mol. The minimum Gasteiger partial charge on any atom is -0.383 e. The Balaban J connectivity index is 1.54. The summed E-state index contributed by atoms with van der Waals surface area (Å²) in [7, 11) is 3.24. The van der Waals surface area contributed by atoms with Crippen molar-refractivity contribution in [1.29, 1.82) is 0 Å². The van der Waals surface area contributed by atoms with Gasteiger partial charge in [-0.3, -0.25) is 19.3 Å². The molecule has 2 aromatic carbocycles. The van der Waals surface area contributed by atoms with Gasteiger partial charge in [-0.15, -0.1) is 0 Å². The van der Waals surface area contributed by atoms with Crippen LogP contribution >= 0.6 is 0 Å². The van der Waals surface area contributed by atoms with E-state index in [1.54, 1.807) is 48.3 Å². The van der Waals surface area contributed by atoms with E-state index in [1.165, 1.54) is 42.5 Å². The van der Waals surface area contributed by atoms with Crippen molar-refractivity contribution < 1.29 is 18.5 Å². The summed E-state index contributed by atoms with van der Waals surface area (Å²) in [6, 6.07) is 9.58. The van der Waals surface area contributed by atoms with Crippen LogP contribution in [-0.2, 0) is 18.4 Å². The molecule has 182 valence electrons. The van der Waals surface area contributed by atoms with Crippen LogP contribution in [0.25, 0.3) is 32.9 Å².